The maximum Gasteiger partial charge on any atom is 0.166 e. The van der Waals surface area contributed by atoms with Crippen molar-refractivity contribution in [3.8, 4) is 0 Å². The van der Waals surface area contributed by atoms with Crippen molar-refractivity contribution in [3.63, 3.8) is 0 Å². The molecule has 0 N–H and O–H groups in total. The van der Waals surface area contributed by atoms with Gasteiger partial charge in [0.25, 0.3) is 0 Å². The summed E-state index contributed by atoms with van der Waals surface area (Å²) in [5.74, 6) is 0.247. The summed E-state index contributed by atoms with van der Waals surface area (Å²) in [7, 11) is 0. The van der Waals surface area contributed by atoms with E-state index in [1.807, 2.05) is 29.6 Å². The van der Waals surface area contributed by atoms with Crippen molar-refractivity contribution < 1.29 is 4.79 Å². The molecule has 0 aromatic carbocycles. The van der Waals surface area contributed by atoms with Crippen molar-refractivity contribution in [2.45, 2.75) is 26.2 Å². The van der Waals surface area contributed by atoms with Gasteiger partial charge in [-0.1, -0.05) is 6.07 Å². The van der Waals surface area contributed by atoms with Gasteiger partial charge in [-0.2, -0.15) is 5.10 Å². The molecule has 0 spiro atoms. The molecule has 0 amide bonds. The maximum absolute atomic E-state index is 11.8. The summed E-state index contributed by atoms with van der Waals surface area (Å²) < 4.78 is 1.88. The van der Waals surface area contributed by atoms with E-state index in [0.717, 1.165) is 35.3 Å². The van der Waals surface area contributed by atoms with Crippen molar-refractivity contribution in [2.75, 3.05) is 0 Å². The van der Waals surface area contributed by atoms with E-state index >= 15 is 0 Å². The molecule has 0 atom stereocenters. The number of hydrogen-bond donors (Lipinski definition) is 0. The van der Waals surface area contributed by atoms with E-state index in [9.17, 15) is 4.79 Å². The van der Waals surface area contributed by atoms with E-state index in [2.05, 4.69) is 5.10 Å². The summed E-state index contributed by atoms with van der Waals surface area (Å²) in [4.78, 5) is 11.8. The number of Topliss-reactive ketones (excluding diaryl/α,β-unsaturated/α-hetero) is 1. The predicted octanol–water partition coefficient (Wildman–Crippen LogP) is 2.16. The molecular weight excluding hydrogens is 188 g/mol. The zero-order valence-corrected chi connectivity index (χ0v) is 8.66. The molecule has 2 aromatic heterocycles. The Labute approximate surface area is 87.7 Å². The molecule has 3 nitrogen and oxygen atoms in total. The first-order valence-electron chi connectivity index (χ1n) is 5.28. The molecule has 0 unspecified atom stereocenters. The molecule has 2 aromatic rings. The summed E-state index contributed by atoms with van der Waals surface area (Å²) in [6.45, 7) is 2.01. The van der Waals surface area contributed by atoms with Crippen LogP contribution in [0.5, 0.6) is 0 Å². The van der Waals surface area contributed by atoms with Crippen LogP contribution in [0.3, 0.4) is 0 Å². The lowest BCUT2D eigenvalue weighted by Crippen LogP contribution is -2.08. The Morgan fingerprint density at radius 1 is 1.33 bits per heavy atom. The third kappa shape index (κ3) is 1.12. The van der Waals surface area contributed by atoms with E-state index in [0.29, 0.717) is 6.42 Å². The summed E-state index contributed by atoms with van der Waals surface area (Å²) in [6, 6.07) is 5.96. The van der Waals surface area contributed by atoms with E-state index in [-0.39, 0.29) is 5.78 Å². The van der Waals surface area contributed by atoms with Crippen LogP contribution in [0.2, 0.25) is 0 Å². The molecule has 3 rings (SSSR count). The molecule has 0 aliphatic heterocycles. The lowest BCUT2D eigenvalue weighted by atomic mass is 9.95. The number of pyridine rings is 1. The lowest BCUT2D eigenvalue weighted by Gasteiger charge is -2.07. The molecule has 1 aliphatic carbocycles. The Bertz CT molecular complexity index is 554. The summed E-state index contributed by atoms with van der Waals surface area (Å²) >= 11 is 0. The second-order valence-electron chi connectivity index (χ2n) is 4.06. The Morgan fingerprint density at radius 3 is 3.07 bits per heavy atom. The van der Waals surface area contributed by atoms with E-state index < -0.39 is 0 Å². The van der Waals surface area contributed by atoms with Gasteiger partial charge < -0.3 is 0 Å². The number of ketones is 1. The highest BCUT2D eigenvalue weighted by Crippen LogP contribution is 2.25. The van der Waals surface area contributed by atoms with Gasteiger partial charge >= 0.3 is 0 Å². The van der Waals surface area contributed by atoms with Crippen LogP contribution in [0.15, 0.2) is 18.2 Å². The predicted molar refractivity (Wildman–Crippen MR) is 57.2 cm³/mol. The molecule has 0 fully saturated rings. The van der Waals surface area contributed by atoms with Crippen LogP contribution in [0.1, 0.15) is 34.6 Å². The number of rotatable bonds is 0. The van der Waals surface area contributed by atoms with Gasteiger partial charge in [0.2, 0.25) is 0 Å². The van der Waals surface area contributed by atoms with Gasteiger partial charge in [-0.15, -0.1) is 0 Å². The van der Waals surface area contributed by atoms with Gasteiger partial charge in [-0.3, -0.25) is 4.79 Å². The Hall–Kier alpha value is -1.64. The van der Waals surface area contributed by atoms with Crippen LogP contribution in [0.25, 0.3) is 5.52 Å². The van der Waals surface area contributed by atoms with Gasteiger partial charge in [0.05, 0.1) is 16.8 Å². The van der Waals surface area contributed by atoms with Gasteiger partial charge in [-0.05, 0) is 31.9 Å². The Morgan fingerprint density at radius 2 is 2.20 bits per heavy atom. The second-order valence-corrected chi connectivity index (χ2v) is 4.06. The number of fused-ring (bicyclic) bond motifs is 3. The van der Waals surface area contributed by atoms with E-state index in [1.54, 1.807) is 0 Å². The minimum atomic E-state index is 0.247. The van der Waals surface area contributed by atoms with Crippen LogP contribution in [-0.2, 0) is 6.42 Å². The topological polar surface area (TPSA) is 34.4 Å². The fourth-order valence-corrected chi connectivity index (χ4v) is 2.27. The monoisotopic (exact) mass is 200 g/mol. The zero-order chi connectivity index (χ0) is 10.4. The maximum atomic E-state index is 11.8. The van der Waals surface area contributed by atoms with Crippen molar-refractivity contribution in [3.05, 3.63) is 35.2 Å². The fourth-order valence-electron chi connectivity index (χ4n) is 2.27. The number of carbonyl (C=O) groups excluding carboxylic acids is 1. The standard InChI is InChI=1S/C12H12N2O/c1-8-4-2-6-10-12-9(13-14(8)10)5-3-7-11(12)15/h2,4,6H,3,5,7H2,1H3. The molecule has 0 radical (unpaired) electrons. The largest absolute Gasteiger partial charge is 0.294 e. The minimum Gasteiger partial charge on any atom is -0.294 e. The van der Waals surface area contributed by atoms with Gasteiger partial charge in [0, 0.05) is 12.1 Å². The van der Waals surface area contributed by atoms with Crippen LogP contribution < -0.4 is 0 Å². The fraction of sp³-hybridized carbons (Fsp3) is 0.333. The van der Waals surface area contributed by atoms with Crippen molar-refractivity contribution in [1.82, 2.24) is 9.61 Å². The van der Waals surface area contributed by atoms with Crippen LogP contribution in [-0.4, -0.2) is 15.4 Å². The molecule has 76 valence electrons. The molecule has 0 bridgehead atoms. The first-order valence-corrected chi connectivity index (χ1v) is 5.28. The SMILES string of the molecule is Cc1cccc2c3c(nn12)CCCC3=O. The average molecular weight is 200 g/mol. The highest BCUT2D eigenvalue weighted by atomic mass is 16.1. The quantitative estimate of drug-likeness (QED) is 0.653. The Balaban J connectivity index is 2.41. The average Bonchev–Trinajstić information content (AvgIpc) is 2.59. The van der Waals surface area contributed by atoms with Crippen LogP contribution in [0, 0.1) is 6.92 Å². The number of nitrogens with zero attached hydrogens (tertiary/aromatic N) is 2. The van der Waals surface area contributed by atoms with Gasteiger partial charge in [0.15, 0.2) is 5.78 Å². The smallest absolute Gasteiger partial charge is 0.166 e. The van der Waals surface area contributed by atoms with Crippen molar-refractivity contribution >= 4 is 11.3 Å². The zero-order valence-electron chi connectivity index (χ0n) is 8.66. The summed E-state index contributed by atoms with van der Waals surface area (Å²) in [5, 5.41) is 4.50. The molecule has 0 saturated carbocycles. The summed E-state index contributed by atoms with van der Waals surface area (Å²) in [6.07, 6.45) is 2.54. The minimum absolute atomic E-state index is 0.247. The number of hydrogen-bond acceptors (Lipinski definition) is 2. The molecule has 3 heteroatoms. The van der Waals surface area contributed by atoms with Gasteiger partial charge in [-0.25, -0.2) is 4.52 Å². The Kier molecular flexibility index (Phi) is 1.69. The first-order chi connectivity index (χ1) is 7.27. The van der Waals surface area contributed by atoms with E-state index in [4.69, 9.17) is 0 Å². The molecule has 0 saturated heterocycles. The second kappa shape index (κ2) is 2.92. The highest BCUT2D eigenvalue weighted by molar-refractivity contribution is 6.04. The molecular formula is C12H12N2O. The van der Waals surface area contributed by atoms with Crippen molar-refractivity contribution in [1.29, 1.82) is 0 Å². The third-order valence-corrected chi connectivity index (χ3v) is 3.02. The number of aryl methyl sites for hydroxylation is 2. The highest BCUT2D eigenvalue weighted by Gasteiger charge is 2.23. The number of carbonyl (C=O) groups is 1. The molecule has 1 aliphatic rings. The van der Waals surface area contributed by atoms with Crippen LogP contribution >= 0.6 is 0 Å². The van der Waals surface area contributed by atoms with Crippen molar-refractivity contribution in [2.24, 2.45) is 0 Å². The van der Waals surface area contributed by atoms with Crippen LogP contribution in [0.4, 0.5) is 0 Å². The third-order valence-electron chi connectivity index (χ3n) is 3.02. The van der Waals surface area contributed by atoms with E-state index in [1.165, 1.54) is 0 Å². The first kappa shape index (κ1) is 8.65. The van der Waals surface area contributed by atoms with Gasteiger partial charge in [0.1, 0.15) is 0 Å². The lowest BCUT2D eigenvalue weighted by molar-refractivity contribution is 0.0974. The molecule has 15 heavy (non-hydrogen) atoms. The number of aromatic nitrogens is 2. The normalized spacial score (nSPS) is 15.7. The summed E-state index contributed by atoms with van der Waals surface area (Å²) in [5.41, 5.74) is 3.87. The molecule has 2 heterocycles.